The van der Waals surface area contributed by atoms with Crippen molar-refractivity contribution in [1.82, 2.24) is 9.97 Å². The van der Waals surface area contributed by atoms with Crippen LogP contribution in [0.5, 0.6) is 5.75 Å². The van der Waals surface area contributed by atoms with E-state index in [1.165, 1.54) is 11.8 Å². The summed E-state index contributed by atoms with van der Waals surface area (Å²) in [6.07, 6.45) is 1.17. The highest BCUT2D eigenvalue weighted by molar-refractivity contribution is 7.99. The number of para-hydroxylation sites is 1. The summed E-state index contributed by atoms with van der Waals surface area (Å²) in [5, 5.41) is 3.26. The molecule has 0 bridgehead atoms. The fourth-order valence-corrected chi connectivity index (χ4v) is 3.56. The maximum atomic E-state index is 12.6. The maximum absolute atomic E-state index is 12.6. The molecule has 7 heteroatoms. The van der Waals surface area contributed by atoms with E-state index in [-0.39, 0.29) is 23.8 Å². The Hall–Kier alpha value is -2.28. The zero-order valence-electron chi connectivity index (χ0n) is 13.6. The van der Waals surface area contributed by atoms with Crippen molar-refractivity contribution in [1.29, 1.82) is 0 Å². The van der Waals surface area contributed by atoms with E-state index in [0.29, 0.717) is 22.3 Å². The third-order valence-corrected chi connectivity index (χ3v) is 4.97. The van der Waals surface area contributed by atoms with Crippen molar-refractivity contribution < 1.29 is 9.53 Å². The van der Waals surface area contributed by atoms with Gasteiger partial charge in [0.2, 0.25) is 5.91 Å². The van der Waals surface area contributed by atoms with E-state index < -0.39 is 0 Å². The highest BCUT2D eigenvalue weighted by Gasteiger charge is 2.32. The monoisotopic (exact) mass is 345 g/mol. The summed E-state index contributed by atoms with van der Waals surface area (Å²) in [6, 6.07) is 7.44. The minimum absolute atomic E-state index is 0.150. The highest BCUT2D eigenvalue weighted by atomic mass is 32.2. The highest BCUT2D eigenvalue weighted by Crippen LogP contribution is 2.38. The number of fused-ring (bicyclic) bond motifs is 1. The van der Waals surface area contributed by atoms with Gasteiger partial charge in [-0.25, -0.2) is 4.98 Å². The molecule has 0 aliphatic carbocycles. The number of aromatic nitrogens is 2. The number of carbonyl (C=O) groups is 1. The molecule has 24 heavy (non-hydrogen) atoms. The van der Waals surface area contributed by atoms with Gasteiger partial charge in [0.05, 0.1) is 12.7 Å². The number of methoxy groups -OCH3 is 1. The van der Waals surface area contributed by atoms with E-state index in [0.717, 1.165) is 17.7 Å². The van der Waals surface area contributed by atoms with Crippen molar-refractivity contribution in [3.05, 3.63) is 45.7 Å². The molecule has 2 heterocycles. The number of nitrogens with zero attached hydrogens (tertiary/aromatic N) is 1. The number of H-pyrrole nitrogens is 1. The van der Waals surface area contributed by atoms with Crippen LogP contribution in [0.4, 0.5) is 5.82 Å². The number of hydrogen-bond acceptors (Lipinski definition) is 5. The fraction of sp³-hybridized carbons (Fsp3) is 0.353. The van der Waals surface area contributed by atoms with Crippen LogP contribution in [-0.2, 0) is 4.79 Å². The number of carbonyl (C=O) groups excluding carboxylic acids is 1. The molecule has 0 saturated heterocycles. The number of rotatable bonds is 5. The molecule has 1 amide bonds. The van der Waals surface area contributed by atoms with E-state index in [1.54, 1.807) is 7.11 Å². The van der Waals surface area contributed by atoms with Crippen molar-refractivity contribution in [3.8, 4) is 5.75 Å². The molecule has 6 nitrogen and oxygen atoms in total. The van der Waals surface area contributed by atoms with Gasteiger partial charge in [-0.1, -0.05) is 36.9 Å². The lowest BCUT2D eigenvalue weighted by Crippen LogP contribution is -2.31. The number of aromatic amines is 1. The number of hydrogen-bond donors (Lipinski definition) is 2. The van der Waals surface area contributed by atoms with Gasteiger partial charge in [0.1, 0.15) is 11.6 Å². The van der Waals surface area contributed by atoms with Crippen LogP contribution in [0.15, 0.2) is 34.2 Å². The van der Waals surface area contributed by atoms with Crippen LogP contribution in [0.25, 0.3) is 0 Å². The van der Waals surface area contributed by atoms with E-state index in [1.807, 2.05) is 24.3 Å². The Balaban J connectivity index is 2.10. The van der Waals surface area contributed by atoms with Gasteiger partial charge in [0.15, 0.2) is 5.16 Å². The number of thioether (sulfide) groups is 1. The zero-order valence-corrected chi connectivity index (χ0v) is 14.4. The first-order chi connectivity index (χ1) is 11.6. The van der Waals surface area contributed by atoms with Gasteiger partial charge < -0.3 is 15.0 Å². The van der Waals surface area contributed by atoms with Gasteiger partial charge in [0.25, 0.3) is 5.56 Å². The summed E-state index contributed by atoms with van der Waals surface area (Å²) in [7, 11) is 1.58. The molecule has 1 atom stereocenters. The van der Waals surface area contributed by atoms with Gasteiger partial charge in [0, 0.05) is 23.7 Å². The predicted octanol–water partition coefficient (Wildman–Crippen LogP) is 2.75. The smallest absolute Gasteiger partial charge is 0.257 e. The van der Waals surface area contributed by atoms with Crippen LogP contribution in [0.1, 0.15) is 36.8 Å². The zero-order chi connectivity index (χ0) is 17.1. The lowest BCUT2D eigenvalue weighted by molar-refractivity contribution is -0.116. The summed E-state index contributed by atoms with van der Waals surface area (Å²) in [6.45, 7) is 2.06. The molecule has 3 rings (SSSR count). The Morgan fingerprint density at radius 1 is 1.33 bits per heavy atom. The van der Waals surface area contributed by atoms with E-state index in [9.17, 15) is 9.59 Å². The molecule has 1 aliphatic heterocycles. The molecule has 1 aliphatic rings. The molecule has 0 fully saturated rings. The van der Waals surface area contributed by atoms with Gasteiger partial charge in [-0.05, 0) is 12.5 Å². The van der Waals surface area contributed by atoms with E-state index in [4.69, 9.17) is 4.74 Å². The lowest BCUT2D eigenvalue weighted by Gasteiger charge is -2.25. The molecule has 1 aromatic carbocycles. The quantitative estimate of drug-likeness (QED) is 0.643. The fourth-order valence-electron chi connectivity index (χ4n) is 2.84. The first kappa shape index (κ1) is 16.6. The first-order valence-corrected chi connectivity index (χ1v) is 8.82. The van der Waals surface area contributed by atoms with Gasteiger partial charge in [-0.2, -0.15) is 0 Å². The van der Waals surface area contributed by atoms with Crippen molar-refractivity contribution in [2.75, 3.05) is 18.2 Å². The lowest BCUT2D eigenvalue weighted by atomic mass is 9.86. The Morgan fingerprint density at radius 2 is 2.12 bits per heavy atom. The van der Waals surface area contributed by atoms with E-state index in [2.05, 4.69) is 22.2 Å². The molecular formula is C17H19N3O3S. The molecular weight excluding hydrogens is 326 g/mol. The Bertz CT molecular complexity index is 819. The molecule has 1 aromatic heterocycles. The summed E-state index contributed by atoms with van der Waals surface area (Å²) in [5.74, 6) is 1.34. The standard InChI is InChI=1S/C17H19N3O3S/c1-3-8-24-17-19-15-14(16(22)20-17)11(9-13(21)18-15)10-6-4-5-7-12(10)23-2/h4-7,11H,3,8-9H2,1-2H3,(H2,18,19,20,21,22)/t11-/m0/s1. The molecule has 0 spiro atoms. The average Bonchev–Trinajstić information content (AvgIpc) is 2.58. The van der Waals surface area contributed by atoms with Crippen LogP contribution in [0.2, 0.25) is 0 Å². The second kappa shape index (κ2) is 7.09. The summed E-state index contributed by atoms with van der Waals surface area (Å²) in [4.78, 5) is 32.0. The Kier molecular flexibility index (Phi) is 4.89. The number of anilines is 1. The molecule has 0 radical (unpaired) electrons. The van der Waals surface area contributed by atoms with Gasteiger partial charge >= 0.3 is 0 Å². The second-order valence-electron chi connectivity index (χ2n) is 5.53. The van der Waals surface area contributed by atoms with Crippen molar-refractivity contribution in [3.63, 3.8) is 0 Å². The minimum atomic E-state index is -0.369. The van der Waals surface area contributed by atoms with Crippen LogP contribution in [0, 0.1) is 0 Å². The number of benzene rings is 1. The summed E-state index contributed by atoms with van der Waals surface area (Å²) >= 11 is 1.47. The molecule has 2 N–H and O–H groups in total. The summed E-state index contributed by atoms with van der Waals surface area (Å²) in [5.41, 5.74) is 1.09. The maximum Gasteiger partial charge on any atom is 0.257 e. The predicted molar refractivity (Wildman–Crippen MR) is 94.0 cm³/mol. The summed E-state index contributed by atoms with van der Waals surface area (Å²) < 4.78 is 5.40. The normalized spacial score (nSPS) is 16.4. The Morgan fingerprint density at radius 3 is 2.88 bits per heavy atom. The largest absolute Gasteiger partial charge is 0.496 e. The van der Waals surface area contributed by atoms with Crippen LogP contribution in [-0.4, -0.2) is 28.7 Å². The van der Waals surface area contributed by atoms with Crippen LogP contribution >= 0.6 is 11.8 Å². The Labute approximate surface area is 144 Å². The van der Waals surface area contributed by atoms with Crippen molar-refractivity contribution >= 4 is 23.5 Å². The molecule has 0 unspecified atom stereocenters. The second-order valence-corrected chi connectivity index (χ2v) is 6.61. The van der Waals surface area contributed by atoms with Crippen molar-refractivity contribution in [2.24, 2.45) is 0 Å². The van der Waals surface area contributed by atoms with Crippen molar-refractivity contribution in [2.45, 2.75) is 30.8 Å². The molecule has 126 valence electrons. The number of ether oxygens (including phenoxy) is 1. The molecule has 2 aromatic rings. The van der Waals surface area contributed by atoms with Gasteiger partial charge in [-0.15, -0.1) is 0 Å². The SMILES string of the molecule is CCCSc1nc2c(c(=O)[nH]1)[C@H](c1ccccc1OC)CC(=O)N2. The minimum Gasteiger partial charge on any atom is -0.496 e. The number of nitrogens with one attached hydrogen (secondary N) is 2. The molecule has 0 saturated carbocycles. The van der Waals surface area contributed by atoms with Crippen LogP contribution in [0.3, 0.4) is 0 Å². The number of amides is 1. The van der Waals surface area contributed by atoms with Crippen LogP contribution < -0.4 is 15.6 Å². The third-order valence-electron chi connectivity index (χ3n) is 3.89. The first-order valence-electron chi connectivity index (χ1n) is 7.83. The van der Waals surface area contributed by atoms with Gasteiger partial charge in [-0.3, -0.25) is 9.59 Å². The third kappa shape index (κ3) is 3.17. The van der Waals surface area contributed by atoms with E-state index >= 15 is 0 Å². The topological polar surface area (TPSA) is 84.1 Å². The average molecular weight is 345 g/mol.